The van der Waals surface area contributed by atoms with Gasteiger partial charge in [-0.2, -0.15) is 0 Å². The van der Waals surface area contributed by atoms with E-state index in [0.29, 0.717) is 0 Å². The number of carboxylic acid groups (broad SMARTS) is 1. The number of rotatable bonds is 12. The molecule has 0 aromatic carbocycles. The second-order valence-corrected chi connectivity index (χ2v) is 6.37. The molecule has 0 unspecified atom stereocenters. The van der Waals surface area contributed by atoms with E-state index in [1.807, 2.05) is 6.08 Å². The van der Waals surface area contributed by atoms with Gasteiger partial charge in [0.05, 0.1) is 6.10 Å². The van der Waals surface area contributed by atoms with Crippen molar-refractivity contribution in [2.24, 2.45) is 11.8 Å². The highest BCUT2D eigenvalue weighted by Gasteiger charge is 2.26. The molecule has 26 heavy (non-hydrogen) atoms. The molecule has 0 aliphatic heterocycles. The van der Waals surface area contributed by atoms with Crippen LogP contribution in [0.2, 0.25) is 0 Å². The van der Waals surface area contributed by atoms with E-state index >= 15 is 0 Å². The van der Waals surface area contributed by atoms with Crippen LogP contribution in [0.5, 0.6) is 0 Å². The molecule has 142 valence electrons. The number of hydrogen-bond acceptors (Lipinski definition) is 3. The monoisotopic (exact) mass is 358 g/mol. The molecule has 2 N–H and O–H groups in total. The maximum absolute atomic E-state index is 12.0. The van der Waals surface area contributed by atoms with Gasteiger partial charge in [0.15, 0.2) is 5.78 Å². The molecule has 0 spiro atoms. The lowest BCUT2D eigenvalue weighted by Crippen LogP contribution is -2.14. The fourth-order valence-electron chi connectivity index (χ4n) is 2.70. The lowest BCUT2D eigenvalue weighted by atomic mass is 9.90. The molecule has 0 fully saturated rings. The second-order valence-electron chi connectivity index (χ2n) is 6.37. The first-order valence-electron chi connectivity index (χ1n) is 9.29. The van der Waals surface area contributed by atoms with Crippen LogP contribution in [-0.4, -0.2) is 28.1 Å². The van der Waals surface area contributed by atoms with Gasteiger partial charge in [0.25, 0.3) is 0 Å². The zero-order valence-electron chi connectivity index (χ0n) is 15.5. The first kappa shape index (κ1) is 21.8. The molecule has 0 radical (unpaired) electrons. The van der Waals surface area contributed by atoms with Gasteiger partial charge in [0.2, 0.25) is 0 Å². The van der Waals surface area contributed by atoms with Gasteiger partial charge >= 0.3 is 5.97 Å². The van der Waals surface area contributed by atoms with Crippen molar-refractivity contribution >= 4 is 11.8 Å². The zero-order chi connectivity index (χ0) is 19.2. The van der Waals surface area contributed by atoms with Crippen molar-refractivity contribution in [3.8, 4) is 0 Å². The normalized spacial score (nSPS) is 21.8. The molecular formula is C22H30O4. The fourth-order valence-corrected chi connectivity index (χ4v) is 2.70. The Morgan fingerprint density at radius 1 is 1.15 bits per heavy atom. The highest BCUT2D eigenvalue weighted by molar-refractivity contribution is 5.95. The Balaban J connectivity index is 2.39. The number of aliphatic hydroxyl groups excluding tert-OH is 1. The molecule has 0 amide bonds. The van der Waals surface area contributed by atoms with E-state index in [-0.39, 0.29) is 30.5 Å². The van der Waals surface area contributed by atoms with Crippen LogP contribution in [0.3, 0.4) is 0 Å². The highest BCUT2D eigenvalue weighted by Crippen LogP contribution is 2.27. The van der Waals surface area contributed by atoms with E-state index < -0.39 is 12.1 Å². The Morgan fingerprint density at radius 3 is 2.46 bits per heavy atom. The maximum atomic E-state index is 12.0. The molecule has 0 aromatic rings. The van der Waals surface area contributed by atoms with Crippen LogP contribution in [0.25, 0.3) is 0 Å². The number of carbonyl (C=O) groups excluding carboxylic acids is 1. The summed E-state index contributed by atoms with van der Waals surface area (Å²) in [6, 6.07) is 0. The van der Waals surface area contributed by atoms with Crippen molar-refractivity contribution < 1.29 is 19.8 Å². The SMILES string of the molecule is CC/C=C\C/C=C\C/C=C\C[C@H]1C=CC(=O)[C@@H]1/C=C/[C@@H](O)CCC(=O)O. The summed E-state index contributed by atoms with van der Waals surface area (Å²) >= 11 is 0. The average molecular weight is 358 g/mol. The van der Waals surface area contributed by atoms with Gasteiger partial charge in [-0.3, -0.25) is 9.59 Å². The van der Waals surface area contributed by atoms with E-state index in [1.165, 1.54) is 0 Å². The summed E-state index contributed by atoms with van der Waals surface area (Å²) in [6.07, 6.45) is 22.4. The van der Waals surface area contributed by atoms with Crippen molar-refractivity contribution in [3.05, 3.63) is 60.8 Å². The Bertz CT molecular complexity index is 581. The van der Waals surface area contributed by atoms with E-state index in [4.69, 9.17) is 5.11 Å². The second kappa shape index (κ2) is 13.1. The number of aliphatic carboxylic acids is 1. The minimum absolute atomic E-state index is 0.0349. The van der Waals surface area contributed by atoms with Crippen molar-refractivity contribution in [1.82, 2.24) is 0 Å². The molecule has 0 saturated heterocycles. The van der Waals surface area contributed by atoms with E-state index in [2.05, 4.69) is 43.4 Å². The van der Waals surface area contributed by atoms with Crippen LogP contribution < -0.4 is 0 Å². The van der Waals surface area contributed by atoms with Crippen LogP contribution in [0.15, 0.2) is 60.8 Å². The molecular weight excluding hydrogens is 328 g/mol. The lowest BCUT2D eigenvalue weighted by Gasteiger charge is -2.13. The van der Waals surface area contributed by atoms with Gasteiger partial charge in [0.1, 0.15) is 0 Å². The minimum atomic E-state index is -0.936. The first-order valence-corrected chi connectivity index (χ1v) is 9.29. The molecule has 4 heteroatoms. The van der Waals surface area contributed by atoms with Crippen LogP contribution in [0.4, 0.5) is 0 Å². The van der Waals surface area contributed by atoms with Crippen LogP contribution >= 0.6 is 0 Å². The van der Waals surface area contributed by atoms with Gasteiger partial charge in [-0.15, -0.1) is 0 Å². The number of aliphatic hydroxyl groups is 1. The van der Waals surface area contributed by atoms with Gasteiger partial charge in [0, 0.05) is 12.3 Å². The molecule has 0 bridgehead atoms. The topological polar surface area (TPSA) is 74.6 Å². The zero-order valence-corrected chi connectivity index (χ0v) is 15.5. The number of allylic oxidation sites excluding steroid dienone is 9. The summed E-state index contributed by atoms with van der Waals surface area (Å²) in [4.78, 5) is 22.5. The summed E-state index contributed by atoms with van der Waals surface area (Å²) in [5.41, 5.74) is 0. The van der Waals surface area contributed by atoms with E-state index in [1.54, 1.807) is 18.2 Å². The Kier molecular flexibility index (Phi) is 11.0. The van der Waals surface area contributed by atoms with Crippen LogP contribution in [0.1, 0.15) is 45.4 Å². The third-order valence-electron chi connectivity index (χ3n) is 4.18. The third-order valence-corrected chi connectivity index (χ3v) is 4.18. The van der Waals surface area contributed by atoms with Crippen molar-refractivity contribution in [2.75, 3.05) is 0 Å². The molecule has 4 nitrogen and oxygen atoms in total. The predicted molar refractivity (Wildman–Crippen MR) is 105 cm³/mol. The summed E-state index contributed by atoms with van der Waals surface area (Å²) < 4.78 is 0. The van der Waals surface area contributed by atoms with Crippen LogP contribution in [0, 0.1) is 11.8 Å². The average Bonchev–Trinajstić information content (AvgIpc) is 2.96. The maximum Gasteiger partial charge on any atom is 0.303 e. The summed E-state index contributed by atoms with van der Waals surface area (Å²) in [6.45, 7) is 2.12. The summed E-state index contributed by atoms with van der Waals surface area (Å²) in [5.74, 6) is -1.07. The number of carboxylic acids is 1. The summed E-state index contributed by atoms with van der Waals surface area (Å²) in [5, 5.41) is 18.4. The molecule has 1 aliphatic rings. The number of ketones is 1. The van der Waals surface area contributed by atoms with Gasteiger partial charge in [-0.1, -0.05) is 61.6 Å². The Labute approximate surface area is 156 Å². The molecule has 0 saturated carbocycles. The number of carbonyl (C=O) groups is 2. The third kappa shape index (κ3) is 9.33. The largest absolute Gasteiger partial charge is 0.481 e. The molecule has 3 atom stereocenters. The van der Waals surface area contributed by atoms with E-state index in [9.17, 15) is 14.7 Å². The van der Waals surface area contributed by atoms with E-state index in [0.717, 1.165) is 25.7 Å². The van der Waals surface area contributed by atoms with Gasteiger partial charge < -0.3 is 10.2 Å². The summed E-state index contributed by atoms with van der Waals surface area (Å²) in [7, 11) is 0. The van der Waals surface area contributed by atoms with Crippen molar-refractivity contribution in [3.63, 3.8) is 0 Å². The van der Waals surface area contributed by atoms with Crippen molar-refractivity contribution in [1.29, 1.82) is 0 Å². The lowest BCUT2D eigenvalue weighted by molar-refractivity contribution is -0.137. The van der Waals surface area contributed by atoms with Gasteiger partial charge in [-0.25, -0.2) is 0 Å². The smallest absolute Gasteiger partial charge is 0.303 e. The number of hydrogen-bond donors (Lipinski definition) is 2. The quantitative estimate of drug-likeness (QED) is 0.507. The molecule has 1 rings (SSSR count). The predicted octanol–water partition coefficient (Wildman–Crippen LogP) is 4.39. The minimum Gasteiger partial charge on any atom is -0.481 e. The molecule has 1 aliphatic carbocycles. The fraction of sp³-hybridized carbons (Fsp3) is 0.455. The van der Waals surface area contributed by atoms with Crippen LogP contribution in [-0.2, 0) is 9.59 Å². The van der Waals surface area contributed by atoms with Gasteiger partial charge in [-0.05, 0) is 44.1 Å². The Hall–Kier alpha value is -2.20. The molecule has 0 heterocycles. The first-order chi connectivity index (χ1) is 12.5. The molecule has 0 aromatic heterocycles. The highest BCUT2D eigenvalue weighted by atomic mass is 16.4. The van der Waals surface area contributed by atoms with Crippen molar-refractivity contribution in [2.45, 2.75) is 51.6 Å². The standard InChI is InChI=1S/C22H30O4/c1-2-3-4-5-6-7-8-9-10-11-18-12-16-21(24)20(18)15-13-19(23)14-17-22(25)26/h3-4,6-7,9-10,12-13,15-16,18-20,23H,2,5,8,11,14,17H2,1H3,(H,25,26)/b4-3-,7-6-,10-9-,15-13+/t18-,19+,20+/m0/s1. The Morgan fingerprint density at radius 2 is 1.81 bits per heavy atom.